The molecule has 0 unspecified atom stereocenters. The first-order valence-electron chi connectivity index (χ1n) is 4.53. The van der Waals surface area contributed by atoms with Crippen molar-refractivity contribution < 1.29 is 9.18 Å². The molecule has 0 heterocycles. The molecule has 0 aliphatic carbocycles. The molecule has 0 bridgehead atoms. The molecule has 0 aliphatic rings. The Balaban J connectivity index is 2.46. The van der Waals surface area contributed by atoms with Crippen LogP contribution in [-0.2, 0) is 0 Å². The summed E-state index contributed by atoms with van der Waals surface area (Å²) in [5.41, 5.74) is 8.49. The number of Topliss-reactive ketones (excluding diaryl/α,β-unsaturated/α-hetero) is 1. The molecule has 78 valence electrons. The van der Waals surface area contributed by atoms with Crippen LogP contribution in [0.15, 0.2) is 29.4 Å². The van der Waals surface area contributed by atoms with Gasteiger partial charge in [0.15, 0.2) is 5.78 Å². The van der Waals surface area contributed by atoms with Crippen molar-refractivity contribution >= 4 is 5.78 Å². The van der Waals surface area contributed by atoms with Gasteiger partial charge in [-0.3, -0.25) is 4.79 Å². The van der Waals surface area contributed by atoms with E-state index in [1.807, 2.05) is 0 Å². The van der Waals surface area contributed by atoms with Crippen molar-refractivity contribution in [2.75, 3.05) is 6.54 Å². The van der Waals surface area contributed by atoms with Crippen LogP contribution < -0.4 is 0 Å². The molecule has 1 aromatic rings. The summed E-state index contributed by atoms with van der Waals surface area (Å²) in [6.07, 6.45) is 0.824. The van der Waals surface area contributed by atoms with Crippen LogP contribution in [-0.4, -0.2) is 12.3 Å². The normalized spacial score (nSPS) is 9.40. The van der Waals surface area contributed by atoms with Crippen LogP contribution in [0, 0.1) is 5.82 Å². The Bertz CT molecular complexity index is 382. The third-order valence-electron chi connectivity index (χ3n) is 1.89. The molecule has 0 N–H and O–H groups in total. The van der Waals surface area contributed by atoms with Gasteiger partial charge in [-0.2, -0.15) is 0 Å². The molecule has 0 fully saturated rings. The van der Waals surface area contributed by atoms with Crippen molar-refractivity contribution in [1.82, 2.24) is 0 Å². The predicted octanol–water partition coefficient (Wildman–Crippen LogP) is 3.10. The largest absolute Gasteiger partial charge is 0.294 e. The Hall–Kier alpha value is -1.87. The second-order valence-electron chi connectivity index (χ2n) is 2.99. The van der Waals surface area contributed by atoms with E-state index in [4.69, 9.17) is 5.53 Å². The van der Waals surface area contributed by atoms with Crippen molar-refractivity contribution in [2.45, 2.75) is 12.8 Å². The zero-order valence-electron chi connectivity index (χ0n) is 8.06. The maximum Gasteiger partial charge on any atom is 0.162 e. The first-order valence-corrected chi connectivity index (χ1v) is 4.53. The summed E-state index contributed by atoms with van der Waals surface area (Å²) in [6.45, 7) is 0.309. The minimum absolute atomic E-state index is 0.0665. The summed E-state index contributed by atoms with van der Waals surface area (Å²) in [4.78, 5) is 14.0. The minimum atomic E-state index is -0.361. The summed E-state index contributed by atoms with van der Waals surface area (Å²) in [5.74, 6) is -0.427. The van der Waals surface area contributed by atoms with Gasteiger partial charge < -0.3 is 0 Å². The monoisotopic (exact) mass is 207 g/mol. The number of hydrogen-bond acceptors (Lipinski definition) is 2. The molecule has 15 heavy (non-hydrogen) atoms. The lowest BCUT2D eigenvalue weighted by molar-refractivity contribution is 0.0981. The van der Waals surface area contributed by atoms with E-state index in [0.717, 1.165) is 0 Å². The fraction of sp³-hybridized carbons (Fsp3) is 0.300. The number of hydrogen-bond donors (Lipinski definition) is 0. The third kappa shape index (κ3) is 3.79. The van der Waals surface area contributed by atoms with Gasteiger partial charge >= 0.3 is 0 Å². The standard InChI is InChI=1S/C10H10FN3O/c11-9-5-3-8(4-6-9)10(15)2-1-7-13-14-12/h3-6H,1-2,7H2. The highest BCUT2D eigenvalue weighted by Gasteiger charge is 2.04. The third-order valence-corrected chi connectivity index (χ3v) is 1.89. The van der Waals surface area contributed by atoms with Gasteiger partial charge in [0.05, 0.1) is 0 Å². The Morgan fingerprint density at radius 1 is 1.40 bits per heavy atom. The topological polar surface area (TPSA) is 65.8 Å². The number of benzene rings is 1. The summed E-state index contributed by atoms with van der Waals surface area (Å²) in [7, 11) is 0. The fourth-order valence-corrected chi connectivity index (χ4v) is 1.14. The van der Waals surface area contributed by atoms with E-state index in [9.17, 15) is 9.18 Å². The van der Waals surface area contributed by atoms with Crippen molar-refractivity contribution in [1.29, 1.82) is 0 Å². The van der Waals surface area contributed by atoms with Gasteiger partial charge in [-0.15, -0.1) is 0 Å². The molecule has 0 aromatic heterocycles. The van der Waals surface area contributed by atoms with E-state index in [0.29, 0.717) is 24.9 Å². The zero-order chi connectivity index (χ0) is 11.1. The highest BCUT2D eigenvalue weighted by molar-refractivity contribution is 5.95. The summed E-state index contributed by atoms with van der Waals surface area (Å²) in [5, 5.41) is 3.32. The van der Waals surface area contributed by atoms with E-state index in [-0.39, 0.29) is 11.6 Å². The van der Waals surface area contributed by atoms with Gasteiger partial charge in [0.25, 0.3) is 0 Å². The highest BCUT2D eigenvalue weighted by Crippen LogP contribution is 2.07. The summed E-state index contributed by atoms with van der Waals surface area (Å²) in [6, 6.07) is 5.40. The molecule has 4 nitrogen and oxygen atoms in total. The quantitative estimate of drug-likeness (QED) is 0.240. The van der Waals surface area contributed by atoms with Gasteiger partial charge in [0.2, 0.25) is 0 Å². The number of azide groups is 1. The SMILES string of the molecule is [N-]=[N+]=NCCCC(=O)c1ccc(F)cc1. The van der Waals surface area contributed by atoms with Gasteiger partial charge in [-0.05, 0) is 36.2 Å². The van der Waals surface area contributed by atoms with Crippen molar-refractivity contribution in [3.63, 3.8) is 0 Å². The summed E-state index contributed by atoms with van der Waals surface area (Å²) >= 11 is 0. The Morgan fingerprint density at radius 2 is 2.07 bits per heavy atom. The van der Waals surface area contributed by atoms with Gasteiger partial charge in [-0.1, -0.05) is 5.11 Å². The van der Waals surface area contributed by atoms with Crippen molar-refractivity contribution in [2.24, 2.45) is 5.11 Å². The molecular formula is C10H10FN3O. The predicted molar refractivity (Wildman–Crippen MR) is 54.0 cm³/mol. The fourth-order valence-electron chi connectivity index (χ4n) is 1.14. The number of halogens is 1. The molecule has 0 radical (unpaired) electrons. The van der Waals surface area contributed by atoms with Crippen LogP contribution in [0.25, 0.3) is 10.4 Å². The number of nitrogens with zero attached hydrogens (tertiary/aromatic N) is 3. The van der Waals surface area contributed by atoms with E-state index >= 15 is 0 Å². The lowest BCUT2D eigenvalue weighted by Crippen LogP contribution is -1.99. The smallest absolute Gasteiger partial charge is 0.162 e. The van der Waals surface area contributed by atoms with E-state index < -0.39 is 0 Å². The molecular weight excluding hydrogens is 197 g/mol. The Morgan fingerprint density at radius 3 is 2.67 bits per heavy atom. The van der Waals surface area contributed by atoms with E-state index in [1.165, 1.54) is 24.3 Å². The van der Waals surface area contributed by atoms with Gasteiger partial charge in [-0.25, -0.2) is 4.39 Å². The van der Waals surface area contributed by atoms with Crippen molar-refractivity contribution in [3.8, 4) is 0 Å². The maximum atomic E-state index is 12.5. The first-order chi connectivity index (χ1) is 7.24. The summed E-state index contributed by atoms with van der Waals surface area (Å²) < 4.78 is 12.5. The van der Waals surface area contributed by atoms with Crippen molar-refractivity contribution in [3.05, 3.63) is 46.1 Å². The molecule has 0 spiro atoms. The van der Waals surface area contributed by atoms with Gasteiger partial charge in [0, 0.05) is 23.4 Å². The zero-order valence-corrected chi connectivity index (χ0v) is 8.06. The molecule has 1 rings (SSSR count). The molecule has 0 saturated heterocycles. The number of carbonyl (C=O) groups excluding carboxylic acids is 1. The van der Waals surface area contributed by atoms with E-state index in [2.05, 4.69) is 10.0 Å². The second-order valence-corrected chi connectivity index (χ2v) is 2.99. The Kier molecular flexibility index (Phi) is 4.31. The highest BCUT2D eigenvalue weighted by atomic mass is 19.1. The average Bonchev–Trinajstić information content (AvgIpc) is 2.25. The van der Waals surface area contributed by atoms with Crippen LogP contribution in [0.4, 0.5) is 4.39 Å². The molecule has 0 saturated carbocycles. The number of ketones is 1. The molecule has 0 atom stereocenters. The van der Waals surface area contributed by atoms with Crippen LogP contribution in [0.3, 0.4) is 0 Å². The van der Waals surface area contributed by atoms with Crippen LogP contribution in [0.2, 0.25) is 0 Å². The second kappa shape index (κ2) is 5.78. The van der Waals surface area contributed by atoms with Crippen LogP contribution in [0.5, 0.6) is 0 Å². The number of rotatable bonds is 5. The first kappa shape index (κ1) is 11.2. The molecule has 0 amide bonds. The average molecular weight is 207 g/mol. The van der Waals surface area contributed by atoms with Crippen LogP contribution >= 0.6 is 0 Å². The molecule has 1 aromatic carbocycles. The van der Waals surface area contributed by atoms with Crippen LogP contribution in [0.1, 0.15) is 23.2 Å². The molecule has 0 aliphatic heterocycles. The van der Waals surface area contributed by atoms with E-state index in [1.54, 1.807) is 0 Å². The van der Waals surface area contributed by atoms with Gasteiger partial charge in [0.1, 0.15) is 5.82 Å². The lowest BCUT2D eigenvalue weighted by atomic mass is 10.1. The minimum Gasteiger partial charge on any atom is -0.294 e. The maximum absolute atomic E-state index is 12.5. The lowest BCUT2D eigenvalue weighted by Gasteiger charge is -1.98. The molecule has 5 heteroatoms. The Labute approximate surface area is 86.4 Å². The number of carbonyl (C=O) groups is 1.